The van der Waals surface area contributed by atoms with Crippen LogP contribution in [0.2, 0.25) is 0 Å². The Balaban J connectivity index is 1.48. The van der Waals surface area contributed by atoms with Crippen molar-refractivity contribution in [2.45, 2.75) is 69.9 Å². The van der Waals surface area contributed by atoms with E-state index in [9.17, 15) is 4.79 Å². The minimum Gasteiger partial charge on any atom is -0.469 e. The maximum Gasteiger partial charge on any atom is 0.305 e. The zero-order chi connectivity index (χ0) is 15.4. The van der Waals surface area contributed by atoms with E-state index in [0.29, 0.717) is 18.4 Å². The highest BCUT2D eigenvalue weighted by molar-refractivity contribution is 5.69. The summed E-state index contributed by atoms with van der Waals surface area (Å²) < 4.78 is 4.88. The molecule has 126 valence electrons. The van der Waals surface area contributed by atoms with E-state index in [4.69, 9.17) is 4.74 Å². The number of nitrogens with one attached hydrogen (secondary N) is 1. The standard InChI is InChI=1S/C18H32N2O2/c1-22-18(21)10-15-9-16(13-20(12-15)17-7-8-17)19-11-14-5-3-2-4-6-14/h14-17,19H,2-13H2,1H3. The van der Waals surface area contributed by atoms with Crippen LogP contribution in [0.4, 0.5) is 0 Å². The minimum absolute atomic E-state index is 0.0475. The van der Waals surface area contributed by atoms with Gasteiger partial charge in [0, 0.05) is 31.6 Å². The summed E-state index contributed by atoms with van der Waals surface area (Å²) in [5.74, 6) is 1.29. The van der Waals surface area contributed by atoms with Crippen LogP contribution in [0.15, 0.2) is 0 Å². The molecule has 4 nitrogen and oxygen atoms in total. The van der Waals surface area contributed by atoms with Crippen LogP contribution in [-0.2, 0) is 9.53 Å². The average molecular weight is 308 g/mol. The Morgan fingerprint density at radius 3 is 2.55 bits per heavy atom. The van der Waals surface area contributed by atoms with E-state index in [-0.39, 0.29) is 5.97 Å². The molecule has 3 fully saturated rings. The number of carbonyl (C=O) groups excluding carboxylic acids is 1. The molecule has 2 atom stereocenters. The van der Waals surface area contributed by atoms with Gasteiger partial charge in [-0.2, -0.15) is 0 Å². The first-order valence-corrected chi connectivity index (χ1v) is 9.29. The second kappa shape index (κ2) is 7.78. The van der Waals surface area contributed by atoms with Crippen LogP contribution < -0.4 is 5.32 Å². The molecule has 1 heterocycles. The maximum absolute atomic E-state index is 11.6. The molecule has 2 aliphatic carbocycles. The van der Waals surface area contributed by atoms with Crippen molar-refractivity contribution in [2.75, 3.05) is 26.7 Å². The van der Waals surface area contributed by atoms with Crippen LogP contribution in [0.5, 0.6) is 0 Å². The quantitative estimate of drug-likeness (QED) is 0.766. The highest BCUT2D eigenvalue weighted by atomic mass is 16.5. The molecule has 0 aromatic carbocycles. The largest absolute Gasteiger partial charge is 0.469 e. The Labute approximate surface area is 135 Å². The lowest BCUT2D eigenvalue weighted by molar-refractivity contribution is -0.142. The molecule has 0 aromatic heterocycles. The predicted molar refractivity (Wildman–Crippen MR) is 87.7 cm³/mol. The molecule has 2 saturated carbocycles. The average Bonchev–Trinajstić information content (AvgIpc) is 3.38. The third-order valence-electron chi connectivity index (χ3n) is 5.73. The molecular weight excluding hydrogens is 276 g/mol. The fraction of sp³-hybridized carbons (Fsp3) is 0.944. The van der Waals surface area contributed by atoms with Crippen molar-refractivity contribution in [2.24, 2.45) is 11.8 Å². The van der Waals surface area contributed by atoms with Crippen LogP contribution in [0.3, 0.4) is 0 Å². The van der Waals surface area contributed by atoms with Crippen molar-refractivity contribution in [3.05, 3.63) is 0 Å². The van der Waals surface area contributed by atoms with Gasteiger partial charge in [-0.15, -0.1) is 0 Å². The van der Waals surface area contributed by atoms with Gasteiger partial charge >= 0.3 is 5.97 Å². The predicted octanol–water partition coefficient (Wildman–Crippen LogP) is 2.57. The van der Waals surface area contributed by atoms with E-state index >= 15 is 0 Å². The lowest BCUT2D eigenvalue weighted by Crippen LogP contribution is -2.51. The Hall–Kier alpha value is -0.610. The van der Waals surface area contributed by atoms with Gasteiger partial charge in [-0.1, -0.05) is 19.3 Å². The number of nitrogens with zero attached hydrogens (tertiary/aromatic N) is 1. The summed E-state index contributed by atoms with van der Waals surface area (Å²) >= 11 is 0. The highest BCUT2D eigenvalue weighted by Gasteiger charge is 2.36. The molecule has 3 rings (SSSR count). The fourth-order valence-corrected chi connectivity index (χ4v) is 4.32. The Morgan fingerprint density at radius 2 is 1.86 bits per heavy atom. The van der Waals surface area contributed by atoms with Crippen LogP contribution >= 0.6 is 0 Å². The third kappa shape index (κ3) is 4.69. The first-order chi connectivity index (χ1) is 10.7. The lowest BCUT2D eigenvalue weighted by Gasteiger charge is -2.39. The highest BCUT2D eigenvalue weighted by Crippen LogP contribution is 2.32. The molecule has 0 radical (unpaired) electrons. The fourth-order valence-electron chi connectivity index (χ4n) is 4.32. The second-order valence-electron chi connectivity index (χ2n) is 7.68. The Morgan fingerprint density at radius 1 is 1.09 bits per heavy atom. The van der Waals surface area contributed by atoms with E-state index < -0.39 is 0 Å². The van der Waals surface area contributed by atoms with Gasteiger partial charge in [0.1, 0.15) is 0 Å². The molecule has 0 amide bonds. The summed E-state index contributed by atoms with van der Waals surface area (Å²) in [7, 11) is 1.50. The zero-order valence-electron chi connectivity index (χ0n) is 14.1. The summed E-state index contributed by atoms with van der Waals surface area (Å²) in [6.45, 7) is 3.44. The lowest BCUT2D eigenvalue weighted by atomic mass is 9.88. The molecule has 0 spiro atoms. The number of ether oxygens (including phenoxy) is 1. The molecule has 1 aliphatic heterocycles. The monoisotopic (exact) mass is 308 g/mol. The van der Waals surface area contributed by atoms with Gasteiger partial charge in [0.2, 0.25) is 0 Å². The van der Waals surface area contributed by atoms with E-state index in [0.717, 1.165) is 24.9 Å². The molecule has 0 aromatic rings. The van der Waals surface area contributed by atoms with Gasteiger partial charge in [-0.25, -0.2) is 0 Å². The van der Waals surface area contributed by atoms with Crippen molar-refractivity contribution in [1.29, 1.82) is 0 Å². The summed E-state index contributed by atoms with van der Waals surface area (Å²) in [4.78, 5) is 14.2. The molecule has 22 heavy (non-hydrogen) atoms. The van der Waals surface area contributed by atoms with Crippen molar-refractivity contribution in [3.63, 3.8) is 0 Å². The first kappa shape index (κ1) is 16.3. The Kier molecular flexibility index (Phi) is 5.75. The third-order valence-corrected chi connectivity index (χ3v) is 5.73. The number of likely N-dealkylation sites (tertiary alicyclic amines) is 1. The van der Waals surface area contributed by atoms with Crippen molar-refractivity contribution in [1.82, 2.24) is 10.2 Å². The number of esters is 1. The van der Waals surface area contributed by atoms with Gasteiger partial charge in [-0.05, 0) is 50.5 Å². The number of carbonyl (C=O) groups is 1. The van der Waals surface area contributed by atoms with Gasteiger partial charge in [0.15, 0.2) is 0 Å². The number of hydrogen-bond donors (Lipinski definition) is 1. The van der Waals surface area contributed by atoms with E-state index in [1.807, 2.05) is 0 Å². The van der Waals surface area contributed by atoms with Gasteiger partial charge in [-0.3, -0.25) is 9.69 Å². The van der Waals surface area contributed by atoms with Crippen LogP contribution in [0, 0.1) is 11.8 Å². The van der Waals surface area contributed by atoms with Crippen molar-refractivity contribution in [3.8, 4) is 0 Å². The van der Waals surface area contributed by atoms with Gasteiger partial charge in [0.05, 0.1) is 7.11 Å². The number of rotatable bonds is 6. The SMILES string of the molecule is COC(=O)CC1CC(NCC2CCCCC2)CN(C2CC2)C1. The summed E-state index contributed by atoms with van der Waals surface area (Å²) in [6.07, 6.45) is 11.5. The molecule has 4 heteroatoms. The van der Waals surface area contributed by atoms with Crippen molar-refractivity contribution >= 4 is 5.97 Å². The second-order valence-corrected chi connectivity index (χ2v) is 7.68. The van der Waals surface area contributed by atoms with Gasteiger partial charge in [0.25, 0.3) is 0 Å². The minimum atomic E-state index is -0.0475. The van der Waals surface area contributed by atoms with Crippen LogP contribution in [0.25, 0.3) is 0 Å². The topological polar surface area (TPSA) is 41.6 Å². The number of hydrogen-bond acceptors (Lipinski definition) is 4. The van der Waals surface area contributed by atoms with E-state index in [2.05, 4.69) is 10.2 Å². The summed E-state index contributed by atoms with van der Waals surface area (Å²) in [5, 5.41) is 3.83. The van der Waals surface area contributed by atoms with Gasteiger partial charge < -0.3 is 10.1 Å². The van der Waals surface area contributed by atoms with E-state index in [1.54, 1.807) is 0 Å². The Bertz CT molecular complexity index is 364. The molecule has 2 unspecified atom stereocenters. The van der Waals surface area contributed by atoms with E-state index in [1.165, 1.54) is 65.1 Å². The normalized spacial score (nSPS) is 31.1. The molecule has 1 N–H and O–H groups in total. The first-order valence-electron chi connectivity index (χ1n) is 9.29. The molecule has 1 saturated heterocycles. The smallest absolute Gasteiger partial charge is 0.305 e. The zero-order valence-corrected chi connectivity index (χ0v) is 14.1. The van der Waals surface area contributed by atoms with Crippen LogP contribution in [-0.4, -0.2) is 49.7 Å². The van der Waals surface area contributed by atoms with Crippen LogP contribution in [0.1, 0.15) is 57.8 Å². The summed E-state index contributed by atoms with van der Waals surface area (Å²) in [5.41, 5.74) is 0. The molecular formula is C18H32N2O2. The number of methoxy groups -OCH3 is 1. The molecule has 0 bridgehead atoms. The number of piperidine rings is 1. The van der Waals surface area contributed by atoms with Crippen molar-refractivity contribution < 1.29 is 9.53 Å². The molecule has 3 aliphatic rings. The summed E-state index contributed by atoms with van der Waals surface area (Å²) in [6, 6.07) is 1.35. The maximum atomic E-state index is 11.6.